The van der Waals surface area contributed by atoms with E-state index in [1.54, 1.807) is 4.90 Å². The summed E-state index contributed by atoms with van der Waals surface area (Å²) in [6.07, 6.45) is 6.85. The van der Waals surface area contributed by atoms with E-state index in [0.717, 1.165) is 55.0 Å². The fourth-order valence-electron chi connectivity index (χ4n) is 5.90. The van der Waals surface area contributed by atoms with Crippen molar-refractivity contribution < 1.29 is 23.8 Å². The molecule has 8 nitrogen and oxygen atoms in total. The van der Waals surface area contributed by atoms with Gasteiger partial charge in [-0.1, -0.05) is 12.8 Å². The van der Waals surface area contributed by atoms with E-state index in [1.165, 1.54) is 0 Å². The van der Waals surface area contributed by atoms with Gasteiger partial charge in [0, 0.05) is 24.6 Å². The smallest absolute Gasteiger partial charge is 0.339 e. The van der Waals surface area contributed by atoms with Crippen molar-refractivity contribution in [3.05, 3.63) is 39.2 Å². The number of amides is 2. The molecule has 2 heterocycles. The normalized spacial score (nSPS) is 23.9. The molecule has 2 aromatic rings. The second-order valence-electron chi connectivity index (χ2n) is 10.0. The molecule has 182 valence electrons. The van der Waals surface area contributed by atoms with Crippen molar-refractivity contribution >= 4 is 22.8 Å². The third kappa shape index (κ3) is 4.31. The van der Waals surface area contributed by atoms with Crippen LogP contribution in [0.15, 0.2) is 21.3 Å². The Hall–Kier alpha value is -2.87. The van der Waals surface area contributed by atoms with Gasteiger partial charge in [0.15, 0.2) is 6.61 Å². The number of carbonyl (C=O) groups is 2. The number of hydrogen-bond donors (Lipinski definition) is 2. The molecule has 8 heteroatoms. The highest BCUT2D eigenvalue weighted by Crippen LogP contribution is 2.39. The number of nitrogens with one attached hydrogen (secondary N) is 1. The first-order chi connectivity index (χ1) is 16.3. The average molecular weight is 469 g/mol. The minimum absolute atomic E-state index is 0.0911. The molecule has 0 bridgehead atoms. The first kappa shape index (κ1) is 22.9. The first-order valence-corrected chi connectivity index (χ1v) is 12.3. The molecule has 2 atom stereocenters. The van der Waals surface area contributed by atoms with Gasteiger partial charge in [0.25, 0.3) is 5.91 Å². The van der Waals surface area contributed by atoms with E-state index in [9.17, 15) is 19.5 Å². The van der Waals surface area contributed by atoms with Crippen LogP contribution in [0.2, 0.25) is 0 Å². The predicted molar refractivity (Wildman–Crippen MR) is 126 cm³/mol. The van der Waals surface area contributed by atoms with E-state index in [0.29, 0.717) is 42.8 Å². The maximum Gasteiger partial charge on any atom is 0.339 e. The number of hydrogen-bond acceptors (Lipinski definition) is 6. The lowest BCUT2D eigenvalue weighted by atomic mass is 9.71. The minimum Gasteiger partial charge on any atom is -0.483 e. The highest BCUT2D eigenvalue weighted by atomic mass is 16.5. The Labute approximate surface area is 198 Å². The van der Waals surface area contributed by atoms with Crippen molar-refractivity contribution in [2.75, 3.05) is 26.2 Å². The summed E-state index contributed by atoms with van der Waals surface area (Å²) in [7, 11) is 0. The van der Waals surface area contributed by atoms with E-state index < -0.39 is 5.60 Å². The van der Waals surface area contributed by atoms with Crippen LogP contribution in [0.25, 0.3) is 11.0 Å². The SMILES string of the molecule is Cc1cc(OCC(=O)NCC(=O)N2CCC3(O)CCCCC3C2)c2c3c(c(=O)oc2c1)CCC3. The van der Waals surface area contributed by atoms with Gasteiger partial charge in [0.05, 0.1) is 17.5 Å². The van der Waals surface area contributed by atoms with Gasteiger partial charge in [-0.25, -0.2) is 4.79 Å². The molecule has 1 saturated heterocycles. The largest absolute Gasteiger partial charge is 0.483 e. The summed E-state index contributed by atoms with van der Waals surface area (Å²) in [5.74, 6) is 0.116. The van der Waals surface area contributed by atoms with Crippen molar-refractivity contribution in [1.82, 2.24) is 10.2 Å². The summed E-state index contributed by atoms with van der Waals surface area (Å²) in [5, 5.41) is 14.2. The lowest BCUT2D eigenvalue weighted by Crippen LogP contribution is -2.56. The highest BCUT2D eigenvalue weighted by Gasteiger charge is 2.43. The Bertz CT molecular complexity index is 1190. The van der Waals surface area contributed by atoms with Gasteiger partial charge in [-0.05, 0) is 68.7 Å². The lowest BCUT2D eigenvalue weighted by Gasteiger charge is -2.47. The second kappa shape index (κ2) is 9.06. The number of fused-ring (bicyclic) bond motifs is 4. The summed E-state index contributed by atoms with van der Waals surface area (Å²) < 4.78 is 11.4. The Balaban J connectivity index is 1.20. The summed E-state index contributed by atoms with van der Waals surface area (Å²) >= 11 is 0. The molecule has 34 heavy (non-hydrogen) atoms. The molecule has 5 rings (SSSR count). The van der Waals surface area contributed by atoms with E-state index in [2.05, 4.69) is 5.32 Å². The summed E-state index contributed by atoms with van der Waals surface area (Å²) in [5.41, 5.74) is 2.06. The zero-order valence-corrected chi connectivity index (χ0v) is 19.7. The molecule has 1 aliphatic heterocycles. The van der Waals surface area contributed by atoms with E-state index in [1.807, 2.05) is 19.1 Å². The molecule has 0 spiro atoms. The van der Waals surface area contributed by atoms with Crippen LogP contribution in [0.1, 0.15) is 55.2 Å². The number of likely N-dealkylation sites (tertiary alicyclic amines) is 1. The molecule has 1 saturated carbocycles. The number of ether oxygens (including phenoxy) is 1. The molecule has 1 aromatic carbocycles. The second-order valence-corrected chi connectivity index (χ2v) is 10.0. The highest BCUT2D eigenvalue weighted by molar-refractivity contribution is 5.90. The standard InChI is InChI=1S/C26H32N2O6/c1-16-11-20(24-18-6-4-7-19(18)25(31)34-21(24)12-16)33-15-22(29)27-13-23(30)28-10-9-26(32)8-3-2-5-17(26)14-28/h11-12,17,32H,2-10,13-15H2,1H3,(H,27,29). The van der Waals surface area contributed by atoms with Gasteiger partial charge in [-0.3, -0.25) is 9.59 Å². The zero-order valence-electron chi connectivity index (χ0n) is 19.7. The number of aliphatic hydroxyl groups is 1. The van der Waals surface area contributed by atoms with Gasteiger partial charge in [-0.15, -0.1) is 0 Å². The van der Waals surface area contributed by atoms with Crippen LogP contribution in [0.4, 0.5) is 0 Å². The molecule has 0 radical (unpaired) electrons. The molecule has 2 N–H and O–H groups in total. The van der Waals surface area contributed by atoms with Crippen molar-refractivity contribution in [1.29, 1.82) is 0 Å². The van der Waals surface area contributed by atoms with Crippen LogP contribution in [0.5, 0.6) is 5.75 Å². The zero-order chi connectivity index (χ0) is 23.9. The van der Waals surface area contributed by atoms with Crippen LogP contribution in [-0.2, 0) is 22.4 Å². The number of benzene rings is 1. The Morgan fingerprint density at radius 1 is 1.21 bits per heavy atom. The van der Waals surface area contributed by atoms with Crippen molar-refractivity contribution in [3.63, 3.8) is 0 Å². The quantitative estimate of drug-likeness (QED) is 0.652. The van der Waals surface area contributed by atoms with Crippen molar-refractivity contribution in [2.24, 2.45) is 5.92 Å². The van der Waals surface area contributed by atoms with Crippen LogP contribution in [-0.4, -0.2) is 53.7 Å². The van der Waals surface area contributed by atoms with Gasteiger partial charge in [0.1, 0.15) is 11.3 Å². The van der Waals surface area contributed by atoms with Gasteiger partial charge >= 0.3 is 5.63 Å². The third-order valence-corrected chi connectivity index (χ3v) is 7.75. The molecule has 2 amide bonds. The summed E-state index contributed by atoms with van der Waals surface area (Å²) in [6, 6.07) is 3.66. The Morgan fingerprint density at radius 2 is 2.03 bits per heavy atom. The molecule has 2 aliphatic carbocycles. The first-order valence-electron chi connectivity index (χ1n) is 12.3. The van der Waals surface area contributed by atoms with Crippen LogP contribution >= 0.6 is 0 Å². The fraction of sp³-hybridized carbons (Fsp3) is 0.577. The summed E-state index contributed by atoms with van der Waals surface area (Å²) in [4.78, 5) is 39.2. The van der Waals surface area contributed by atoms with Gasteiger partial charge in [0.2, 0.25) is 5.91 Å². The molecule has 2 unspecified atom stereocenters. The molecular formula is C26H32N2O6. The number of rotatable bonds is 5. The monoisotopic (exact) mass is 468 g/mol. The van der Waals surface area contributed by atoms with Crippen LogP contribution in [0.3, 0.4) is 0 Å². The number of nitrogens with zero attached hydrogens (tertiary/aromatic N) is 1. The van der Waals surface area contributed by atoms with E-state index in [4.69, 9.17) is 9.15 Å². The fourth-order valence-corrected chi connectivity index (χ4v) is 5.90. The number of piperidine rings is 1. The maximum absolute atomic E-state index is 12.7. The van der Waals surface area contributed by atoms with Crippen molar-refractivity contribution in [2.45, 2.75) is 63.9 Å². The van der Waals surface area contributed by atoms with Gasteiger partial charge in [-0.2, -0.15) is 0 Å². The molecular weight excluding hydrogens is 436 g/mol. The number of aryl methyl sites for hydroxylation is 2. The lowest BCUT2D eigenvalue weighted by molar-refractivity contribution is -0.143. The Morgan fingerprint density at radius 3 is 2.88 bits per heavy atom. The van der Waals surface area contributed by atoms with Crippen LogP contribution < -0.4 is 15.7 Å². The number of carbonyl (C=O) groups excluding carboxylic acids is 2. The van der Waals surface area contributed by atoms with Gasteiger partial charge < -0.3 is 24.5 Å². The topological polar surface area (TPSA) is 109 Å². The Kier molecular flexibility index (Phi) is 6.10. The minimum atomic E-state index is -0.637. The average Bonchev–Trinajstić information content (AvgIpc) is 3.30. The van der Waals surface area contributed by atoms with Crippen LogP contribution in [0, 0.1) is 12.8 Å². The van der Waals surface area contributed by atoms with Crippen molar-refractivity contribution in [3.8, 4) is 5.75 Å². The maximum atomic E-state index is 12.7. The van der Waals surface area contributed by atoms with E-state index in [-0.39, 0.29) is 36.5 Å². The molecule has 2 fully saturated rings. The molecule has 3 aliphatic rings. The molecule has 1 aromatic heterocycles. The predicted octanol–water partition coefficient (Wildman–Crippen LogP) is 2.24. The van der Waals surface area contributed by atoms with E-state index >= 15 is 0 Å². The third-order valence-electron chi connectivity index (χ3n) is 7.75. The summed E-state index contributed by atoms with van der Waals surface area (Å²) in [6.45, 7) is 2.62.